The van der Waals surface area contributed by atoms with Crippen LogP contribution in [0.25, 0.3) is 0 Å². The summed E-state index contributed by atoms with van der Waals surface area (Å²) in [5.74, 6) is 1.01. The van der Waals surface area contributed by atoms with E-state index in [1.54, 1.807) is 0 Å². The maximum Gasteiger partial charge on any atom is 0.236 e. The van der Waals surface area contributed by atoms with E-state index in [0.29, 0.717) is 18.6 Å². The lowest BCUT2D eigenvalue weighted by atomic mass is 9.94. The minimum Gasteiger partial charge on any atom is -0.342 e. The molecule has 0 saturated carbocycles. The van der Waals surface area contributed by atoms with Crippen LogP contribution in [0, 0.1) is 5.92 Å². The molecule has 98 valence electrons. The van der Waals surface area contributed by atoms with E-state index in [2.05, 4.69) is 24.1 Å². The van der Waals surface area contributed by atoms with Crippen LogP contribution in [0.4, 0.5) is 0 Å². The van der Waals surface area contributed by atoms with Crippen LogP contribution in [-0.2, 0) is 4.79 Å². The highest BCUT2D eigenvalue weighted by molar-refractivity contribution is 5.78. The normalized spacial score (nSPS) is 29.4. The number of likely N-dealkylation sites (tertiary alicyclic amines) is 1. The van der Waals surface area contributed by atoms with Crippen molar-refractivity contribution in [3.05, 3.63) is 0 Å². The van der Waals surface area contributed by atoms with Gasteiger partial charge in [-0.3, -0.25) is 9.69 Å². The molecule has 2 aliphatic rings. The maximum atomic E-state index is 12.0. The highest BCUT2D eigenvalue weighted by Gasteiger charge is 2.35. The summed E-state index contributed by atoms with van der Waals surface area (Å²) in [6, 6.07) is 0.923. The van der Waals surface area contributed by atoms with Crippen LogP contribution in [0.3, 0.4) is 0 Å². The molecule has 2 fully saturated rings. The SMILES string of the molecule is CC(C)N(C)C(=O)CN1CC2CCCNC2C1. The average Bonchev–Trinajstić information content (AvgIpc) is 2.69. The van der Waals surface area contributed by atoms with E-state index in [1.165, 1.54) is 12.8 Å². The topological polar surface area (TPSA) is 35.6 Å². The van der Waals surface area contributed by atoms with Gasteiger partial charge in [0, 0.05) is 32.2 Å². The molecule has 0 radical (unpaired) electrons. The zero-order chi connectivity index (χ0) is 12.4. The minimum absolute atomic E-state index is 0.249. The molecule has 0 bridgehead atoms. The van der Waals surface area contributed by atoms with E-state index in [1.807, 2.05) is 11.9 Å². The lowest BCUT2D eigenvalue weighted by Crippen LogP contribution is -2.42. The molecule has 2 rings (SSSR count). The van der Waals surface area contributed by atoms with Crippen LogP contribution in [-0.4, -0.2) is 61.0 Å². The maximum absolute atomic E-state index is 12.0. The molecule has 2 aliphatic heterocycles. The van der Waals surface area contributed by atoms with Crippen molar-refractivity contribution in [3.8, 4) is 0 Å². The molecule has 0 aromatic heterocycles. The second-order valence-corrected chi connectivity index (χ2v) is 5.76. The van der Waals surface area contributed by atoms with E-state index in [-0.39, 0.29) is 5.91 Å². The first-order valence-corrected chi connectivity index (χ1v) is 6.79. The Labute approximate surface area is 104 Å². The number of nitrogens with zero attached hydrogens (tertiary/aromatic N) is 2. The van der Waals surface area contributed by atoms with Gasteiger partial charge in [0.15, 0.2) is 0 Å². The monoisotopic (exact) mass is 239 g/mol. The summed E-state index contributed by atoms with van der Waals surface area (Å²) >= 11 is 0. The summed E-state index contributed by atoms with van der Waals surface area (Å²) in [6.07, 6.45) is 2.61. The molecule has 2 saturated heterocycles. The predicted molar refractivity (Wildman–Crippen MR) is 68.9 cm³/mol. The van der Waals surface area contributed by atoms with Crippen molar-refractivity contribution in [1.82, 2.24) is 15.1 Å². The quantitative estimate of drug-likeness (QED) is 0.781. The van der Waals surface area contributed by atoms with Gasteiger partial charge < -0.3 is 10.2 Å². The largest absolute Gasteiger partial charge is 0.342 e. The summed E-state index contributed by atoms with van der Waals surface area (Å²) < 4.78 is 0. The Balaban J connectivity index is 1.82. The van der Waals surface area contributed by atoms with Crippen molar-refractivity contribution in [2.24, 2.45) is 5.92 Å². The van der Waals surface area contributed by atoms with Crippen LogP contribution in [0.5, 0.6) is 0 Å². The first kappa shape index (κ1) is 12.8. The third kappa shape index (κ3) is 2.99. The molecule has 2 unspecified atom stereocenters. The molecule has 0 aliphatic carbocycles. The van der Waals surface area contributed by atoms with Crippen LogP contribution >= 0.6 is 0 Å². The number of nitrogens with one attached hydrogen (secondary N) is 1. The molecule has 0 aromatic rings. The van der Waals surface area contributed by atoms with Crippen molar-refractivity contribution in [2.75, 3.05) is 33.2 Å². The molecule has 17 heavy (non-hydrogen) atoms. The van der Waals surface area contributed by atoms with Gasteiger partial charge >= 0.3 is 0 Å². The van der Waals surface area contributed by atoms with Crippen molar-refractivity contribution in [1.29, 1.82) is 0 Å². The van der Waals surface area contributed by atoms with Gasteiger partial charge in [-0.1, -0.05) is 0 Å². The zero-order valence-electron chi connectivity index (χ0n) is 11.3. The van der Waals surface area contributed by atoms with Crippen LogP contribution < -0.4 is 5.32 Å². The first-order valence-electron chi connectivity index (χ1n) is 6.79. The Hall–Kier alpha value is -0.610. The third-order valence-electron chi connectivity index (χ3n) is 4.20. The highest BCUT2D eigenvalue weighted by Crippen LogP contribution is 2.24. The summed E-state index contributed by atoms with van der Waals surface area (Å²) in [7, 11) is 1.90. The fourth-order valence-electron chi connectivity index (χ4n) is 2.86. The van der Waals surface area contributed by atoms with Gasteiger partial charge in [0.25, 0.3) is 0 Å². The number of rotatable bonds is 3. The third-order valence-corrected chi connectivity index (χ3v) is 4.20. The highest BCUT2D eigenvalue weighted by atomic mass is 16.2. The summed E-state index contributed by atoms with van der Waals surface area (Å²) in [5.41, 5.74) is 0. The van der Waals surface area contributed by atoms with Gasteiger partial charge in [-0.25, -0.2) is 0 Å². The number of amides is 1. The molecule has 2 atom stereocenters. The fraction of sp³-hybridized carbons (Fsp3) is 0.923. The number of fused-ring (bicyclic) bond motifs is 1. The van der Waals surface area contributed by atoms with E-state index < -0.39 is 0 Å². The standard InChI is InChI=1S/C13H25N3O/c1-10(2)15(3)13(17)9-16-7-11-5-4-6-14-12(11)8-16/h10-12,14H,4-9H2,1-3H3. The van der Waals surface area contributed by atoms with Crippen molar-refractivity contribution < 1.29 is 4.79 Å². The summed E-state index contributed by atoms with van der Waals surface area (Å²) in [5, 5.41) is 3.57. The van der Waals surface area contributed by atoms with E-state index in [0.717, 1.165) is 25.6 Å². The van der Waals surface area contributed by atoms with Crippen molar-refractivity contribution in [3.63, 3.8) is 0 Å². The summed E-state index contributed by atoms with van der Waals surface area (Å²) in [4.78, 5) is 16.2. The Morgan fingerprint density at radius 3 is 2.88 bits per heavy atom. The van der Waals surface area contributed by atoms with Gasteiger partial charge in [0.2, 0.25) is 5.91 Å². The molecule has 1 N–H and O–H groups in total. The molecule has 4 heteroatoms. The van der Waals surface area contributed by atoms with Crippen LogP contribution in [0.2, 0.25) is 0 Å². The van der Waals surface area contributed by atoms with Crippen LogP contribution in [0.1, 0.15) is 26.7 Å². The number of likely N-dealkylation sites (N-methyl/N-ethyl adjacent to an activating group) is 1. The molecular formula is C13H25N3O. The molecule has 0 aromatic carbocycles. The molecule has 2 heterocycles. The molecular weight excluding hydrogens is 214 g/mol. The number of hydrogen-bond donors (Lipinski definition) is 1. The zero-order valence-corrected chi connectivity index (χ0v) is 11.3. The fourth-order valence-corrected chi connectivity index (χ4v) is 2.86. The number of carbonyl (C=O) groups excluding carboxylic acids is 1. The average molecular weight is 239 g/mol. The van der Waals surface area contributed by atoms with E-state index in [4.69, 9.17) is 0 Å². The van der Waals surface area contributed by atoms with E-state index >= 15 is 0 Å². The Kier molecular flexibility index (Phi) is 4.05. The van der Waals surface area contributed by atoms with Gasteiger partial charge in [-0.05, 0) is 39.2 Å². The minimum atomic E-state index is 0.249. The number of piperidine rings is 1. The lowest BCUT2D eigenvalue weighted by molar-refractivity contribution is -0.132. The molecule has 1 amide bonds. The number of hydrogen-bond acceptors (Lipinski definition) is 3. The summed E-state index contributed by atoms with van der Waals surface area (Å²) in [6.45, 7) is 7.99. The Morgan fingerprint density at radius 2 is 2.24 bits per heavy atom. The van der Waals surface area contributed by atoms with E-state index in [9.17, 15) is 4.79 Å². The predicted octanol–water partition coefficient (Wildman–Crippen LogP) is 0.537. The van der Waals surface area contributed by atoms with Gasteiger partial charge in [-0.2, -0.15) is 0 Å². The lowest BCUT2D eigenvalue weighted by Gasteiger charge is -2.25. The second-order valence-electron chi connectivity index (χ2n) is 5.76. The molecule has 4 nitrogen and oxygen atoms in total. The Bertz CT molecular complexity index is 266. The smallest absolute Gasteiger partial charge is 0.236 e. The number of carbonyl (C=O) groups is 1. The molecule has 0 spiro atoms. The second kappa shape index (κ2) is 5.36. The first-order chi connectivity index (χ1) is 8.08. The van der Waals surface area contributed by atoms with Gasteiger partial charge in [0.1, 0.15) is 0 Å². The van der Waals surface area contributed by atoms with Crippen molar-refractivity contribution in [2.45, 2.75) is 38.8 Å². The van der Waals surface area contributed by atoms with Crippen LogP contribution in [0.15, 0.2) is 0 Å². The Morgan fingerprint density at radius 1 is 1.47 bits per heavy atom. The van der Waals surface area contributed by atoms with Crippen molar-refractivity contribution >= 4 is 5.91 Å². The van der Waals surface area contributed by atoms with Gasteiger partial charge in [0.05, 0.1) is 6.54 Å². The van der Waals surface area contributed by atoms with Gasteiger partial charge in [-0.15, -0.1) is 0 Å².